The van der Waals surface area contributed by atoms with Gasteiger partial charge in [0.15, 0.2) is 12.4 Å². The van der Waals surface area contributed by atoms with Crippen molar-refractivity contribution >= 4 is 18.9 Å². The van der Waals surface area contributed by atoms with E-state index in [1.807, 2.05) is 27.7 Å². The molecule has 5 nitrogen and oxygen atoms in total. The van der Waals surface area contributed by atoms with Gasteiger partial charge in [0.1, 0.15) is 0 Å². The molecule has 0 bridgehead atoms. The lowest BCUT2D eigenvalue weighted by atomic mass is 9.75. The maximum Gasteiger partial charge on any atom is 0.498 e. The smallest absolute Gasteiger partial charge is 0.454 e. The number of ketones is 1. The standard InChI is InChI=1S/C11H15BO5/c1-10(2)11(3,4)17-12(16-10)7-5-9(14)15-6-8(7)13/h5H,6H2,1-4H3. The van der Waals surface area contributed by atoms with Crippen LogP contribution in [0.3, 0.4) is 0 Å². The van der Waals surface area contributed by atoms with Gasteiger partial charge in [-0.1, -0.05) is 0 Å². The summed E-state index contributed by atoms with van der Waals surface area (Å²) in [6.07, 6.45) is 1.15. The van der Waals surface area contributed by atoms with Crippen molar-refractivity contribution in [3.05, 3.63) is 11.5 Å². The Morgan fingerprint density at radius 2 is 1.65 bits per heavy atom. The molecule has 2 heterocycles. The summed E-state index contributed by atoms with van der Waals surface area (Å²) in [7, 11) is -0.791. The van der Waals surface area contributed by atoms with Crippen molar-refractivity contribution in [2.45, 2.75) is 38.9 Å². The molecule has 0 aromatic carbocycles. The van der Waals surface area contributed by atoms with Crippen molar-refractivity contribution in [2.75, 3.05) is 6.61 Å². The summed E-state index contributed by atoms with van der Waals surface area (Å²) in [5.41, 5.74) is -0.819. The van der Waals surface area contributed by atoms with Crippen LogP contribution in [0.15, 0.2) is 11.5 Å². The van der Waals surface area contributed by atoms with E-state index in [-0.39, 0.29) is 17.9 Å². The van der Waals surface area contributed by atoms with Crippen LogP contribution in [-0.2, 0) is 23.6 Å². The number of ether oxygens (including phenoxy) is 1. The molecule has 92 valence electrons. The molecule has 0 unspecified atom stereocenters. The van der Waals surface area contributed by atoms with E-state index in [4.69, 9.17) is 9.31 Å². The van der Waals surface area contributed by atoms with Crippen LogP contribution in [-0.4, -0.2) is 36.7 Å². The number of cyclic esters (lactones) is 1. The highest BCUT2D eigenvalue weighted by Gasteiger charge is 2.54. The molecule has 0 amide bonds. The van der Waals surface area contributed by atoms with Gasteiger partial charge in [0.05, 0.1) is 11.2 Å². The summed E-state index contributed by atoms with van der Waals surface area (Å²) >= 11 is 0. The van der Waals surface area contributed by atoms with Crippen molar-refractivity contribution < 1.29 is 23.6 Å². The lowest BCUT2D eigenvalue weighted by molar-refractivity contribution is -0.143. The summed E-state index contributed by atoms with van der Waals surface area (Å²) in [5.74, 6) is -0.808. The first-order valence-electron chi connectivity index (χ1n) is 5.50. The van der Waals surface area contributed by atoms with Crippen LogP contribution >= 0.6 is 0 Å². The van der Waals surface area contributed by atoms with E-state index >= 15 is 0 Å². The molecule has 2 aliphatic rings. The molecule has 2 rings (SSSR count). The molecule has 2 aliphatic heterocycles. The number of esters is 1. The van der Waals surface area contributed by atoms with Crippen molar-refractivity contribution in [3.8, 4) is 0 Å². The van der Waals surface area contributed by atoms with E-state index in [1.165, 1.54) is 0 Å². The van der Waals surface area contributed by atoms with Crippen molar-refractivity contribution in [2.24, 2.45) is 0 Å². The van der Waals surface area contributed by atoms with Crippen LogP contribution in [0.2, 0.25) is 0 Å². The number of Topliss-reactive ketones (excluding diaryl/α,β-unsaturated/α-hetero) is 1. The number of hydrogen-bond acceptors (Lipinski definition) is 5. The third kappa shape index (κ3) is 2.02. The molecule has 0 N–H and O–H groups in total. The first-order chi connectivity index (χ1) is 7.73. The molecule has 0 saturated carbocycles. The molecule has 0 spiro atoms. The van der Waals surface area contributed by atoms with Crippen LogP contribution in [0.25, 0.3) is 0 Å². The zero-order chi connectivity index (χ0) is 12.8. The minimum atomic E-state index is -0.791. The fourth-order valence-corrected chi connectivity index (χ4v) is 1.64. The largest absolute Gasteiger partial charge is 0.498 e. The normalized spacial score (nSPS) is 26.8. The monoisotopic (exact) mass is 238 g/mol. The Kier molecular flexibility index (Phi) is 2.67. The van der Waals surface area contributed by atoms with Crippen molar-refractivity contribution in [1.29, 1.82) is 0 Å². The van der Waals surface area contributed by atoms with E-state index in [0.29, 0.717) is 0 Å². The predicted octanol–water partition coefficient (Wildman–Crippen LogP) is 0.670. The number of carbonyl (C=O) groups is 2. The first-order valence-corrected chi connectivity index (χ1v) is 5.50. The average Bonchev–Trinajstić information content (AvgIpc) is 2.40. The van der Waals surface area contributed by atoms with Crippen LogP contribution in [0.1, 0.15) is 27.7 Å². The summed E-state index contributed by atoms with van der Waals surface area (Å²) in [6, 6.07) is 0. The van der Waals surface area contributed by atoms with E-state index in [2.05, 4.69) is 4.74 Å². The number of rotatable bonds is 1. The number of carbonyl (C=O) groups excluding carboxylic acids is 2. The maximum atomic E-state index is 11.6. The van der Waals surface area contributed by atoms with Crippen LogP contribution in [0, 0.1) is 0 Å². The highest BCUT2D eigenvalue weighted by atomic mass is 16.7. The quantitative estimate of drug-likeness (QED) is 0.496. The van der Waals surface area contributed by atoms with Crippen LogP contribution in [0.4, 0.5) is 0 Å². The van der Waals surface area contributed by atoms with Gasteiger partial charge in [0.2, 0.25) is 0 Å². The van der Waals surface area contributed by atoms with Crippen LogP contribution in [0.5, 0.6) is 0 Å². The molecule has 0 aromatic rings. The Hall–Kier alpha value is -1.14. The predicted molar refractivity (Wildman–Crippen MR) is 60.1 cm³/mol. The molecule has 1 fully saturated rings. The van der Waals surface area contributed by atoms with Gasteiger partial charge in [-0.25, -0.2) is 4.79 Å². The molecule has 0 radical (unpaired) electrons. The summed E-state index contributed by atoms with van der Waals surface area (Å²) in [6.45, 7) is 7.31. The summed E-state index contributed by atoms with van der Waals surface area (Å²) in [4.78, 5) is 22.8. The molecular weight excluding hydrogens is 223 g/mol. The average molecular weight is 238 g/mol. The molecule has 17 heavy (non-hydrogen) atoms. The molecule has 0 atom stereocenters. The summed E-state index contributed by atoms with van der Waals surface area (Å²) in [5, 5.41) is 0. The Labute approximate surface area is 100 Å². The Morgan fingerprint density at radius 3 is 2.18 bits per heavy atom. The van der Waals surface area contributed by atoms with Gasteiger partial charge in [-0.05, 0) is 27.7 Å². The van der Waals surface area contributed by atoms with Gasteiger partial charge in [0.25, 0.3) is 0 Å². The molecule has 1 saturated heterocycles. The topological polar surface area (TPSA) is 61.8 Å². The lowest BCUT2D eigenvalue weighted by Gasteiger charge is -2.32. The van der Waals surface area contributed by atoms with E-state index in [1.54, 1.807) is 0 Å². The van der Waals surface area contributed by atoms with Gasteiger partial charge in [-0.3, -0.25) is 4.79 Å². The van der Waals surface area contributed by atoms with Gasteiger partial charge in [0, 0.05) is 11.5 Å². The fraction of sp³-hybridized carbons (Fsp3) is 0.636. The number of hydrogen-bond donors (Lipinski definition) is 0. The summed E-state index contributed by atoms with van der Waals surface area (Å²) < 4.78 is 16.0. The Balaban J connectivity index is 2.26. The van der Waals surface area contributed by atoms with E-state index in [9.17, 15) is 9.59 Å². The van der Waals surface area contributed by atoms with Gasteiger partial charge in [-0.2, -0.15) is 0 Å². The highest BCUT2D eigenvalue weighted by Crippen LogP contribution is 2.38. The molecule has 6 heteroatoms. The van der Waals surface area contributed by atoms with Gasteiger partial charge in [-0.15, -0.1) is 0 Å². The lowest BCUT2D eigenvalue weighted by Crippen LogP contribution is -2.41. The highest BCUT2D eigenvalue weighted by molar-refractivity contribution is 6.63. The maximum absolute atomic E-state index is 11.6. The van der Waals surface area contributed by atoms with Crippen molar-refractivity contribution in [3.63, 3.8) is 0 Å². The molecule has 0 aromatic heterocycles. The second-order valence-corrected chi connectivity index (χ2v) is 5.22. The third-order valence-corrected chi connectivity index (χ3v) is 3.45. The zero-order valence-electron chi connectivity index (χ0n) is 10.4. The fourth-order valence-electron chi connectivity index (χ4n) is 1.64. The SMILES string of the molecule is CC1(C)OB(C2=CC(=O)OCC2=O)OC1(C)C. The Morgan fingerprint density at radius 1 is 1.12 bits per heavy atom. The van der Waals surface area contributed by atoms with Gasteiger partial charge >= 0.3 is 13.1 Å². The van der Waals surface area contributed by atoms with Crippen molar-refractivity contribution in [1.82, 2.24) is 0 Å². The van der Waals surface area contributed by atoms with E-state index < -0.39 is 24.3 Å². The third-order valence-electron chi connectivity index (χ3n) is 3.45. The first kappa shape index (κ1) is 12.3. The molecule has 0 aliphatic carbocycles. The second kappa shape index (κ2) is 3.68. The van der Waals surface area contributed by atoms with Gasteiger partial charge < -0.3 is 14.0 Å². The Bertz CT molecular complexity index is 394. The minimum absolute atomic E-state index is 0.236. The molecular formula is C11H15BO5. The zero-order valence-corrected chi connectivity index (χ0v) is 10.4. The minimum Gasteiger partial charge on any atom is -0.454 e. The van der Waals surface area contributed by atoms with E-state index in [0.717, 1.165) is 6.08 Å². The van der Waals surface area contributed by atoms with Crippen LogP contribution < -0.4 is 0 Å². The second-order valence-electron chi connectivity index (χ2n) is 5.22.